The molecule has 6 heteroatoms. The zero-order valence-corrected chi connectivity index (χ0v) is 12.1. The minimum Gasteiger partial charge on any atom is -0.385 e. The number of hydrogen-bond acceptors (Lipinski definition) is 5. The topological polar surface area (TPSA) is 58.6 Å². The number of rotatable bonds is 3. The van der Waals surface area contributed by atoms with E-state index in [9.17, 15) is 9.90 Å². The van der Waals surface area contributed by atoms with Crippen LogP contribution >= 0.6 is 22.7 Å². The molecule has 1 amide bonds. The van der Waals surface area contributed by atoms with Crippen molar-refractivity contribution in [2.45, 2.75) is 25.0 Å². The molecule has 3 rings (SSSR count). The molecule has 1 fully saturated rings. The molecule has 3 heterocycles. The minimum absolute atomic E-state index is 0.124. The number of carbonyl (C=O) groups is 1. The molecule has 2 aromatic heterocycles. The predicted molar refractivity (Wildman–Crippen MR) is 77.0 cm³/mol. The van der Waals surface area contributed by atoms with Gasteiger partial charge in [0.1, 0.15) is 5.60 Å². The van der Waals surface area contributed by atoms with E-state index in [0.29, 0.717) is 17.9 Å². The summed E-state index contributed by atoms with van der Waals surface area (Å²) >= 11 is 3.11. The van der Waals surface area contributed by atoms with Gasteiger partial charge in [0.15, 0.2) is 0 Å². The fourth-order valence-electron chi connectivity index (χ4n) is 2.20. The Bertz CT molecular complexity index is 577. The minimum atomic E-state index is -0.940. The van der Waals surface area contributed by atoms with Gasteiger partial charge in [-0.25, -0.2) is 0 Å². The van der Waals surface area contributed by atoms with Crippen molar-refractivity contribution >= 4 is 38.0 Å². The molecule has 0 bridgehead atoms. The van der Waals surface area contributed by atoms with Crippen molar-refractivity contribution in [2.75, 3.05) is 13.2 Å². The second kappa shape index (κ2) is 4.86. The molecule has 0 radical (unpaired) electrons. The van der Waals surface area contributed by atoms with Crippen LogP contribution in [-0.4, -0.2) is 35.9 Å². The zero-order valence-electron chi connectivity index (χ0n) is 10.5. The Morgan fingerprint density at radius 2 is 2.47 bits per heavy atom. The van der Waals surface area contributed by atoms with Crippen molar-refractivity contribution in [3.05, 3.63) is 22.4 Å². The summed E-state index contributed by atoms with van der Waals surface area (Å²) < 4.78 is 7.61. The molecular weight excluding hydrogens is 282 g/mol. The largest absolute Gasteiger partial charge is 0.385 e. The molecule has 0 aromatic carbocycles. The number of carbonyl (C=O) groups excluding carboxylic acids is 1. The van der Waals surface area contributed by atoms with Crippen LogP contribution in [0.15, 0.2) is 17.5 Å². The normalized spacial score (nSPS) is 26.9. The van der Waals surface area contributed by atoms with Gasteiger partial charge in [0.2, 0.25) is 0 Å². The molecule has 2 unspecified atom stereocenters. The Labute approximate surface area is 119 Å². The van der Waals surface area contributed by atoms with E-state index in [4.69, 9.17) is 4.74 Å². The third-order valence-corrected chi connectivity index (χ3v) is 5.67. The van der Waals surface area contributed by atoms with E-state index >= 15 is 0 Å². The van der Waals surface area contributed by atoms with E-state index < -0.39 is 5.60 Å². The molecule has 4 nitrogen and oxygen atoms in total. The number of ether oxygens (including phenoxy) is 1. The van der Waals surface area contributed by atoms with Crippen molar-refractivity contribution in [3.8, 4) is 0 Å². The lowest BCUT2D eigenvalue weighted by Gasteiger charge is -2.25. The fourth-order valence-corrected chi connectivity index (χ4v) is 4.23. The molecular formula is C13H15NO3S2. The van der Waals surface area contributed by atoms with E-state index in [-0.39, 0.29) is 18.6 Å². The Morgan fingerprint density at radius 1 is 1.63 bits per heavy atom. The number of fused-ring (bicyclic) bond motifs is 1. The first kappa shape index (κ1) is 13.1. The van der Waals surface area contributed by atoms with Gasteiger partial charge in [0.05, 0.1) is 11.0 Å². The van der Waals surface area contributed by atoms with Gasteiger partial charge in [0, 0.05) is 29.0 Å². The Balaban J connectivity index is 1.67. The van der Waals surface area contributed by atoms with Crippen LogP contribution in [0.1, 0.15) is 23.0 Å². The van der Waals surface area contributed by atoms with E-state index in [0.717, 1.165) is 9.40 Å². The van der Waals surface area contributed by atoms with Gasteiger partial charge in [-0.3, -0.25) is 4.79 Å². The van der Waals surface area contributed by atoms with Crippen LogP contribution in [0.4, 0.5) is 0 Å². The molecule has 19 heavy (non-hydrogen) atoms. The van der Waals surface area contributed by atoms with Gasteiger partial charge in [-0.2, -0.15) is 0 Å². The molecule has 2 atom stereocenters. The quantitative estimate of drug-likeness (QED) is 0.913. The summed E-state index contributed by atoms with van der Waals surface area (Å²) in [7, 11) is 0. The van der Waals surface area contributed by atoms with Crippen LogP contribution in [0.5, 0.6) is 0 Å². The van der Waals surface area contributed by atoms with E-state index in [1.54, 1.807) is 11.3 Å². The first-order valence-electron chi connectivity index (χ1n) is 6.18. The Hall–Kier alpha value is -0.950. The van der Waals surface area contributed by atoms with Gasteiger partial charge in [0.25, 0.3) is 5.91 Å². The maximum Gasteiger partial charge on any atom is 0.261 e. The van der Waals surface area contributed by atoms with Crippen molar-refractivity contribution < 1.29 is 14.6 Å². The molecule has 0 spiro atoms. The molecule has 1 aliphatic rings. The molecule has 1 saturated heterocycles. The fraction of sp³-hybridized carbons (Fsp3) is 0.462. The average molecular weight is 297 g/mol. The second-order valence-corrected chi connectivity index (χ2v) is 6.84. The summed E-state index contributed by atoms with van der Waals surface area (Å²) in [5.41, 5.74) is -0.940. The van der Waals surface area contributed by atoms with Gasteiger partial charge in [-0.05, 0) is 24.4 Å². The van der Waals surface area contributed by atoms with Crippen molar-refractivity contribution in [3.63, 3.8) is 0 Å². The van der Waals surface area contributed by atoms with Crippen LogP contribution < -0.4 is 5.32 Å². The molecule has 102 valence electrons. The van der Waals surface area contributed by atoms with Gasteiger partial charge < -0.3 is 15.2 Å². The highest BCUT2D eigenvalue weighted by Crippen LogP contribution is 2.30. The number of thiophene rings is 2. The number of nitrogens with one attached hydrogen (secondary N) is 1. The SMILES string of the molecule is CC1OCCC1(O)CNC(=O)c1cc2sccc2s1. The third kappa shape index (κ3) is 2.41. The molecule has 2 N–H and O–H groups in total. The standard InChI is InChI=1S/C13H15NO3S2/c1-8-13(16,3-4-17-8)7-14-12(15)11-6-10-9(19-11)2-5-18-10/h2,5-6,8,16H,3-4,7H2,1H3,(H,14,15). The summed E-state index contributed by atoms with van der Waals surface area (Å²) in [6.45, 7) is 2.61. The Morgan fingerprint density at radius 3 is 3.16 bits per heavy atom. The van der Waals surface area contributed by atoms with Crippen LogP contribution in [-0.2, 0) is 4.74 Å². The summed E-state index contributed by atoms with van der Waals surface area (Å²) in [6, 6.07) is 3.92. The van der Waals surface area contributed by atoms with Gasteiger partial charge in [-0.15, -0.1) is 22.7 Å². The van der Waals surface area contributed by atoms with E-state index in [1.165, 1.54) is 11.3 Å². The highest BCUT2D eigenvalue weighted by atomic mass is 32.1. The van der Waals surface area contributed by atoms with Crippen LogP contribution in [0.25, 0.3) is 9.40 Å². The number of aliphatic hydroxyl groups is 1. The first-order valence-corrected chi connectivity index (χ1v) is 7.87. The second-order valence-electron chi connectivity index (χ2n) is 4.81. The molecule has 2 aromatic rings. The molecule has 0 aliphatic carbocycles. The third-order valence-electron chi connectivity index (χ3n) is 3.58. The maximum atomic E-state index is 12.1. The monoisotopic (exact) mass is 297 g/mol. The lowest BCUT2D eigenvalue weighted by molar-refractivity contribution is -0.0251. The lowest BCUT2D eigenvalue weighted by atomic mass is 9.97. The van der Waals surface area contributed by atoms with Crippen molar-refractivity contribution in [2.24, 2.45) is 0 Å². The van der Waals surface area contributed by atoms with Crippen molar-refractivity contribution in [1.82, 2.24) is 5.32 Å². The molecule has 1 aliphatic heterocycles. The lowest BCUT2D eigenvalue weighted by Crippen LogP contribution is -2.47. The summed E-state index contributed by atoms with van der Waals surface area (Å²) in [5, 5.41) is 15.1. The maximum absolute atomic E-state index is 12.1. The molecule has 0 saturated carbocycles. The zero-order chi connectivity index (χ0) is 13.5. The first-order chi connectivity index (χ1) is 9.08. The van der Waals surface area contributed by atoms with Crippen LogP contribution in [0.2, 0.25) is 0 Å². The summed E-state index contributed by atoms with van der Waals surface area (Å²) in [6.07, 6.45) is 0.327. The number of hydrogen-bond donors (Lipinski definition) is 2. The highest BCUT2D eigenvalue weighted by molar-refractivity contribution is 7.27. The smallest absolute Gasteiger partial charge is 0.261 e. The summed E-state index contributed by atoms with van der Waals surface area (Å²) in [5.74, 6) is -0.124. The van der Waals surface area contributed by atoms with E-state index in [1.807, 2.05) is 24.4 Å². The Kier molecular flexibility index (Phi) is 3.34. The summed E-state index contributed by atoms with van der Waals surface area (Å²) in [4.78, 5) is 12.8. The van der Waals surface area contributed by atoms with Gasteiger partial charge >= 0.3 is 0 Å². The van der Waals surface area contributed by atoms with Gasteiger partial charge in [-0.1, -0.05) is 0 Å². The number of amides is 1. The van der Waals surface area contributed by atoms with E-state index in [2.05, 4.69) is 5.32 Å². The van der Waals surface area contributed by atoms with Crippen LogP contribution in [0, 0.1) is 0 Å². The van der Waals surface area contributed by atoms with Crippen molar-refractivity contribution in [1.29, 1.82) is 0 Å². The average Bonchev–Trinajstić information content (AvgIpc) is 3.02. The predicted octanol–water partition coefficient (Wildman–Crippen LogP) is 2.23. The van der Waals surface area contributed by atoms with Crippen LogP contribution in [0.3, 0.4) is 0 Å². The highest BCUT2D eigenvalue weighted by Gasteiger charge is 2.39.